The van der Waals surface area contributed by atoms with E-state index in [1.807, 2.05) is 24.3 Å². The van der Waals surface area contributed by atoms with Crippen molar-refractivity contribution in [3.63, 3.8) is 0 Å². The minimum absolute atomic E-state index is 0.278. The highest BCUT2D eigenvalue weighted by atomic mass is 16.6. The van der Waals surface area contributed by atoms with E-state index in [1.165, 1.54) is 0 Å². The van der Waals surface area contributed by atoms with Crippen molar-refractivity contribution >= 4 is 27.8 Å². The lowest BCUT2D eigenvalue weighted by Gasteiger charge is -2.31. The number of hydrogen-bond acceptors (Lipinski definition) is 2. The lowest BCUT2D eigenvalue weighted by molar-refractivity contribution is 0.0256. The first kappa shape index (κ1) is 18.9. The Kier molecular flexibility index (Phi) is 3.76. The van der Waals surface area contributed by atoms with Crippen LogP contribution in [0.5, 0.6) is 0 Å². The van der Waals surface area contributed by atoms with Crippen molar-refractivity contribution in [2.45, 2.75) is 19.4 Å². The predicted octanol–water partition coefficient (Wildman–Crippen LogP) is 5.75. The smallest absolute Gasteiger partial charge is 0.340 e. The Bertz CT molecular complexity index is 1480. The van der Waals surface area contributed by atoms with Crippen LogP contribution in [0, 0.1) is 13.8 Å². The number of para-hydroxylation sites is 2. The van der Waals surface area contributed by atoms with Crippen LogP contribution in [0.3, 0.4) is 0 Å². The van der Waals surface area contributed by atoms with Gasteiger partial charge in [0.05, 0.1) is 5.56 Å². The van der Waals surface area contributed by atoms with Gasteiger partial charge in [-0.05, 0) is 32.0 Å². The number of nitrogens with zero attached hydrogens (tertiary/aromatic N) is 2. The summed E-state index contributed by atoms with van der Waals surface area (Å²) < 4.78 is 10.9. The quantitative estimate of drug-likeness (QED) is 0.341. The summed E-state index contributed by atoms with van der Waals surface area (Å²) in [5, 5.41) is 2.20. The summed E-state index contributed by atoms with van der Waals surface area (Å²) in [5.74, 6) is -0.278. The number of cyclic esters (lactones) is 1. The molecule has 3 aromatic carbocycles. The third-order valence-electron chi connectivity index (χ3n) is 7.28. The average Bonchev–Trinajstić information content (AvgIpc) is 3.36. The second-order valence-electron chi connectivity index (χ2n) is 8.69. The normalized spacial score (nSPS) is 14.8. The first-order valence-corrected chi connectivity index (χ1v) is 10.9. The number of aryl methyl sites for hydroxylation is 2. The second kappa shape index (κ2) is 6.36. The molecule has 1 aliphatic rings. The number of benzene rings is 3. The molecule has 5 aromatic rings. The molecule has 4 nitrogen and oxygen atoms in total. The Labute approximate surface area is 186 Å². The Morgan fingerprint density at radius 1 is 0.688 bits per heavy atom. The van der Waals surface area contributed by atoms with Crippen molar-refractivity contribution < 1.29 is 9.53 Å². The number of carbonyl (C=O) groups excluding carboxylic acids is 1. The minimum atomic E-state index is -1.02. The van der Waals surface area contributed by atoms with Crippen LogP contribution in [0.25, 0.3) is 21.8 Å². The molecule has 158 valence electrons. The van der Waals surface area contributed by atoms with Crippen LogP contribution in [0.4, 0.5) is 0 Å². The van der Waals surface area contributed by atoms with E-state index < -0.39 is 5.60 Å². The highest BCUT2D eigenvalue weighted by Gasteiger charge is 2.53. The summed E-state index contributed by atoms with van der Waals surface area (Å²) >= 11 is 0. The lowest BCUT2D eigenvalue weighted by Crippen LogP contribution is -2.31. The van der Waals surface area contributed by atoms with Gasteiger partial charge in [0.25, 0.3) is 0 Å². The zero-order valence-electron chi connectivity index (χ0n) is 18.6. The molecule has 6 rings (SSSR count). The molecule has 0 saturated heterocycles. The summed E-state index contributed by atoms with van der Waals surface area (Å²) in [4.78, 5) is 13.3. The molecule has 2 aromatic heterocycles. The fraction of sp³-hybridized carbons (Fsp3) is 0.179. The topological polar surface area (TPSA) is 36.2 Å². The van der Waals surface area contributed by atoms with Gasteiger partial charge in [0.2, 0.25) is 0 Å². The first-order valence-electron chi connectivity index (χ1n) is 10.9. The van der Waals surface area contributed by atoms with Gasteiger partial charge in [0, 0.05) is 64.0 Å². The molecule has 0 saturated carbocycles. The maximum atomic E-state index is 13.3. The summed E-state index contributed by atoms with van der Waals surface area (Å²) in [6.07, 6.45) is 0. The van der Waals surface area contributed by atoms with E-state index in [1.54, 1.807) is 0 Å². The Balaban J connectivity index is 1.87. The van der Waals surface area contributed by atoms with Crippen LogP contribution < -0.4 is 0 Å². The summed E-state index contributed by atoms with van der Waals surface area (Å²) in [6.45, 7) is 4.23. The van der Waals surface area contributed by atoms with Gasteiger partial charge in [0.15, 0.2) is 5.60 Å². The molecule has 0 fully saturated rings. The second-order valence-corrected chi connectivity index (χ2v) is 8.69. The molecule has 4 heteroatoms. The number of carbonyl (C=O) groups is 1. The summed E-state index contributed by atoms with van der Waals surface area (Å²) in [7, 11) is 4.15. The molecule has 0 unspecified atom stereocenters. The van der Waals surface area contributed by atoms with Crippen LogP contribution in [0.1, 0.15) is 38.4 Å². The Hall–Kier alpha value is -3.79. The predicted molar refractivity (Wildman–Crippen MR) is 127 cm³/mol. The van der Waals surface area contributed by atoms with E-state index >= 15 is 0 Å². The maximum absolute atomic E-state index is 13.3. The van der Waals surface area contributed by atoms with Gasteiger partial charge in [-0.3, -0.25) is 0 Å². The molecule has 0 aliphatic carbocycles. The van der Waals surface area contributed by atoms with Crippen molar-refractivity contribution in [1.29, 1.82) is 0 Å². The van der Waals surface area contributed by atoms with Crippen LogP contribution in [0.15, 0.2) is 72.8 Å². The van der Waals surface area contributed by atoms with E-state index in [0.717, 1.165) is 49.9 Å². The average molecular weight is 421 g/mol. The van der Waals surface area contributed by atoms with Crippen molar-refractivity contribution in [1.82, 2.24) is 9.13 Å². The highest BCUT2D eigenvalue weighted by Crippen LogP contribution is 2.53. The monoisotopic (exact) mass is 420 g/mol. The zero-order valence-corrected chi connectivity index (χ0v) is 18.6. The summed E-state index contributed by atoms with van der Waals surface area (Å²) in [6, 6.07) is 24.5. The van der Waals surface area contributed by atoms with Crippen LogP contribution in [-0.2, 0) is 24.4 Å². The summed E-state index contributed by atoms with van der Waals surface area (Å²) in [5.41, 5.74) is 7.00. The minimum Gasteiger partial charge on any atom is -0.440 e. The van der Waals surface area contributed by atoms with Gasteiger partial charge < -0.3 is 13.9 Å². The van der Waals surface area contributed by atoms with Crippen LogP contribution in [-0.4, -0.2) is 15.1 Å². The number of rotatable bonds is 2. The van der Waals surface area contributed by atoms with Gasteiger partial charge in [-0.25, -0.2) is 4.79 Å². The number of esters is 1. The van der Waals surface area contributed by atoms with Gasteiger partial charge >= 0.3 is 5.97 Å². The van der Waals surface area contributed by atoms with E-state index in [9.17, 15) is 4.79 Å². The SMILES string of the molecule is Cc1c(C2(c3c(C)n(C)c4ccccc34)OC(=O)c3ccccc32)c2ccccc2n1C. The molecule has 0 amide bonds. The van der Waals surface area contributed by atoms with E-state index in [4.69, 9.17) is 4.74 Å². The van der Waals surface area contributed by atoms with Crippen LogP contribution in [0.2, 0.25) is 0 Å². The molecule has 0 bridgehead atoms. The van der Waals surface area contributed by atoms with Gasteiger partial charge in [0.1, 0.15) is 0 Å². The Morgan fingerprint density at radius 3 is 1.72 bits per heavy atom. The molecule has 0 atom stereocenters. The van der Waals surface area contributed by atoms with E-state index in [0.29, 0.717) is 5.56 Å². The van der Waals surface area contributed by atoms with Crippen molar-refractivity contribution in [3.8, 4) is 0 Å². The largest absolute Gasteiger partial charge is 0.440 e. The van der Waals surface area contributed by atoms with Gasteiger partial charge in [-0.15, -0.1) is 0 Å². The number of ether oxygens (including phenoxy) is 1. The fourth-order valence-corrected chi connectivity index (χ4v) is 5.64. The fourth-order valence-electron chi connectivity index (χ4n) is 5.64. The van der Waals surface area contributed by atoms with E-state index in [-0.39, 0.29) is 5.97 Å². The molecule has 1 aliphatic heterocycles. The van der Waals surface area contributed by atoms with Crippen molar-refractivity contribution in [3.05, 3.63) is 106 Å². The zero-order chi connectivity index (χ0) is 22.2. The van der Waals surface area contributed by atoms with Crippen molar-refractivity contribution in [2.24, 2.45) is 14.1 Å². The van der Waals surface area contributed by atoms with Crippen LogP contribution >= 0.6 is 0 Å². The molecule has 0 radical (unpaired) electrons. The molecular formula is C28H24N2O2. The molecule has 0 N–H and O–H groups in total. The lowest BCUT2D eigenvalue weighted by atomic mass is 9.77. The van der Waals surface area contributed by atoms with Gasteiger partial charge in [-0.1, -0.05) is 54.6 Å². The molecule has 3 heterocycles. The standard InChI is InChI=1S/C28H24N2O2/c1-17-25(20-12-6-9-15-23(20)29(17)3)28(22-14-8-5-11-19(22)27(31)32-28)26-18(2)30(4)24-16-10-7-13-21(24)26/h5-16H,1-4H3. The number of hydrogen-bond donors (Lipinski definition) is 0. The van der Waals surface area contributed by atoms with Crippen molar-refractivity contribution in [2.75, 3.05) is 0 Å². The molecular weight excluding hydrogens is 396 g/mol. The number of aromatic nitrogens is 2. The number of fused-ring (bicyclic) bond motifs is 3. The maximum Gasteiger partial charge on any atom is 0.340 e. The van der Waals surface area contributed by atoms with E-state index in [2.05, 4.69) is 85.6 Å². The Morgan fingerprint density at radius 2 is 1.16 bits per heavy atom. The first-order chi connectivity index (χ1) is 15.5. The third-order valence-corrected chi connectivity index (χ3v) is 7.28. The molecule has 32 heavy (non-hydrogen) atoms. The van der Waals surface area contributed by atoms with Gasteiger partial charge in [-0.2, -0.15) is 0 Å². The third kappa shape index (κ3) is 2.14. The molecule has 0 spiro atoms. The highest BCUT2D eigenvalue weighted by molar-refractivity contribution is 6.01.